The van der Waals surface area contributed by atoms with Crippen LogP contribution in [0, 0.1) is 0 Å². The fourth-order valence-corrected chi connectivity index (χ4v) is 1.93. The summed E-state index contributed by atoms with van der Waals surface area (Å²) in [5, 5.41) is 1.67. The number of halogens is 3. The van der Waals surface area contributed by atoms with Crippen LogP contribution in [-0.2, 0) is 11.4 Å². The third-order valence-corrected chi connectivity index (χ3v) is 3.03. The average molecular weight is 336 g/mol. The monoisotopic (exact) mass is 336 g/mol. The zero-order chi connectivity index (χ0) is 17.2. The number of ether oxygens (including phenoxy) is 1. The van der Waals surface area contributed by atoms with Crippen molar-refractivity contribution in [1.29, 1.82) is 0 Å². The van der Waals surface area contributed by atoms with Crippen molar-refractivity contribution in [2.24, 2.45) is 0 Å². The molecule has 0 aliphatic heterocycles. The van der Waals surface area contributed by atoms with Gasteiger partial charge in [0.15, 0.2) is 11.6 Å². The molecule has 0 saturated heterocycles. The van der Waals surface area contributed by atoms with Crippen LogP contribution in [0.25, 0.3) is 5.78 Å². The molecule has 0 fully saturated rings. The number of hydrogen-bond acceptors (Lipinski definition) is 4. The smallest absolute Gasteiger partial charge is 0.471 e. The second-order valence-corrected chi connectivity index (χ2v) is 4.85. The summed E-state index contributed by atoms with van der Waals surface area (Å²) in [6.45, 7) is 0.320. The van der Waals surface area contributed by atoms with Crippen LogP contribution in [0.1, 0.15) is 5.56 Å². The largest absolute Gasteiger partial charge is 0.486 e. The molecule has 1 N–H and O–H groups in total. The van der Waals surface area contributed by atoms with E-state index in [-0.39, 0.29) is 11.6 Å². The summed E-state index contributed by atoms with van der Waals surface area (Å²) in [6.07, 6.45) is -0.837. The van der Waals surface area contributed by atoms with Gasteiger partial charge in [-0.05, 0) is 5.56 Å². The molecule has 0 aliphatic carbocycles. The van der Waals surface area contributed by atoms with Crippen molar-refractivity contribution in [1.82, 2.24) is 14.4 Å². The lowest BCUT2D eigenvalue weighted by Gasteiger charge is -2.05. The predicted molar refractivity (Wildman–Crippen MR) is 78.4 cm³/mol. The molecule has 2 heterocycles. The number of carbonyl (C=O) groups is 1. The van der Waals surface area contributed by atoms with Crippen LogP contribution >= 0.6 is 0 Å². The van der Waals surface area contributed by atoms with Gasteiger partial charge in [-0.15, -0.1) is 0 Å². The lowest BCUT2D eigenvalue weighted by atomic mass is 10.2. The van der Waals surface area contributed by atoms with Gasteiger partial charge in [-0.1, -0.05) is 30.3 Å². The van der Waals surface area contributed by atoms with E-state index in [2.05, 4.69) is 9.97 Å². The van der Waals surface area contributed by atoms with Gasteiger partial charge >= 0.3 is 12.1 Å². The Kier molecular flexibility index (Phi) is 4.07. The molecule has 0 aliphatic rings. The second kappa shape index (κ2) is 6.19. The van der Waals surface area contributed by atoms with Gasteiger partial charge in [-0.2, -0.15) is 18.2 Å². The summed E-state index contributed by atoms with van der Waals surface area (Å²) >= 11 is 0. The van der Waals surface area contributed by atoms with E-state index in [0.717, 1.165) is 5.56 Å². The van der Waals surface area contributed by atoms with Gasteiger partial charge in [0, 0.05) is 0 Å². The number of amides is 1. The third kappa shape index (κ3) is 3.62. The van der Waals surface area contributed by atoms with Crippen LogP contribution in [0.3, 0.4) is 0 Å². The van der Waals surface area contributed by atoms with Gasteiger partial charge in [0.25, 0.3) is 0 Å². The van der Waals surface area contributed by atoms with Gasteiger partial charge in [0.05, 0.1) is 18.6 Å². The SMILES string of the molecule is O=C(Nc1cn2cc(OCc3ccccc3)cnc2n1)C(F)(F)F. The van der Waals surface area contributed by atoms with E-state index >= 15 is 0 Å². The highest BCUT2D eigenvalue weighted by Crippen LogP contribution is 2.19. The van der Waals surface area contributed by atoms with Gasteiger partial charge in [-0.25, -0.2) is 4.98 Å². The number of hydrogen-bond donors (Lipinski definition) is 1. The van der Waals surface area contributed by atoms with Crippen LogP contribution in [0.15, 0.2) is 48.9 Å². The van der Waals surface area contributed by atoms with Crippen LogP contribution in [0.4, 0.5) is 19.0 Å². The van der Waals surface area contributed by atoms with Crippen molar-refractivity contribution in [3.8, 4) is 5.75 Å². The molecule has 3 rings (SSSR count). The minimum absolute atomic E-state index is 0.138. The molecule has 2 aromatic heterocycles. The van der Waals surface area contributed by atoms with E-state index in [0.29, 0.717) is 12.4 Å². The number of imidazole rings is 1. The molecule has 0 unspecified atom stereocenters. The van der Waals surface area contributed by atoms with E-state index in [1.807, 2.05) is 30.3 Å². The number of nitrogens with one attached hydrogen (secondary N) is 1. The molecule has 0 radical (unpaired) electrons. The third-order valence-electron chi connectivity index (χ3n) is 3.03. The number of rotatable bonds is 4. The molecule has 1 aromatic carbocycles. The summed E-state index contributed by atoms with van der Waals surface area (Å²) in [5.41, 5.74) is 0.960. The van der Waals surface area contributed by atoms with Crippen LogP contribution in [0.5, 0.6) is 5.75 Å². The molecule has 24 heavy (non-hydrogen) atoms. The first-order valence-corrected chi connectivity index (χ1v) is 6.81. The first kappa shape index (κ1) is 15.8. The highest BCUT2D eigenvalue weighted by atomic mass is 19.4. The van der Waals surface area contributed by atoms with Crippen molar-refractivity contribution in [2.75, 3.05) is 5.32 Å². The van der Waals surface area contributed by atoms with E-state index in [1.165, 1.54) is 23.0 Å². The molecular weight excluding hydrogens is 325 g/mol. The Morgan fingerprint density at radius 2 is 1.96 bits per heavy atom. The fourth-order valence-electron chi connectivity index (χ4n) is 1.93. The zero-order valence-electron chi connectivity index (χ0n) is 12.1. The molecule has 1 amide bonds. The molecule has 0 saturated carbocycles. The van der Waals surface area contributed by atoms with Crippen LogP contribution < -0.4 is 10.1 Å². The van der Waals surface area contributed by atoms with Crippen molar-refractivity contribution in [3.05, 3.63) is 54.5 Å². The second-order valence-electron chi connectivity index (χ2n) is 4.85. The number of fused-ring (bicyclic) bond motifs is 1. The highest BCUT2D eigenvalue weighted by molar-refractivity contribution is 5.94. The maximum atomic E-state index is 12.2. The first-order valence-electron chi connectivity index (χ1n) is 6.81. The normalized spacial score (nSPS) is 11.5. The Labute approximate surface area is 133 Å². The number of alkyl halides is 3. The Morgan fingerprint density at radius 3 is 2.67 bits per heavy atom. The summed E-state index contributed by atoms with van der Waals surface area (Å²) in [4.78, 5) is 18.7. The van der Waals surface area contributed by atoms with E-state index in [4.69, 9.17) is 4.74 Å². The molecule has 0 atom stereocenters. The Balaban J connectivity index is 1.73. The molecule has 124 valence electrons. The van der Waals surface area contributed by atoms with Crippen LogP contribution in [0.2, 0.25) is 0 Å². The van der Waals surface area contributed by atoms with Crippen molar-refractivity contribution in [2.45, 2.75) is 12.8 Å². The summed E-state index contributed by atoms with van der Waals surface area (Å²) < 4.78 is 43.6. The Bertz CT molecular complexity index is 862. The van der Waals surface area contributed by atoms with Gasteiger partial charge in [-0.3, -0.25) is 9.20 Å². The first-order chi connectivity index (χ1) is 11.4. The van der Waals surface area contributed by atoms with E-state index in [1.54, 1.807) is 5.32 Å². The quantitative estimate of drug-likeness (QED) is 0.795. The number of anilines is 1. The van der Waals surface area contributed by atoms with Crippen LogP contribution in [-0.4, -0.2) is 26.5 Å². The summed E-state index contributed by atoms with van der Waals surface area (Å²) in [6, 6.07) is 9.44. The summed E-state index contributed by atoms with van der Waals surface area (Å²) in [7, 11) is 0. The van der Waals surface area contributed by atoms with Gasteiger partial charge in [0.1, 0.15) is 6.61 Å². The maximum absolute atomic E-state index is 12.2. The number of aromatic nitrogens is 3. The van der Waals surface area contributed by atoms with Gasteiger partial charge < -0.3 is 10.1 Å². The Hall–Kier alpha value is -3.10. The zero-order valence-corrected chi connectivity index (χ0v) is 12.1. The molecule has 6 nitrogen and oxygen atoms in total. The van der Waals surface area contributed by atoms with Crippen molar-refractivity contribution >= 4 is 17.5 Å². The lowest BCUT2D eigenvalue weighted by molar-refractivity contribution is -0.167. The maximum Gasteiger partial charge on any atom is 0.471 e. The van der Waals surface area contributed by atoms with E-state index < -0.39 is 12.1 Å². The standard InChI is InChI=1S/C15H11F3N4O2/c16-15(17,18)13(23)20-12-8-22-7-11(6-19-14(22)21-12)24-9-10-4-2-1-3-5-10/h1-8H,9H2,(H,20,23). The average Bonchev–Trinajstić information content (AvgIpc) is 2.94. The minimum atomic E-state index is -4.98. The fraction of sp³-hybridized carbons (Fsp3) is 0.133. The molecule has 3 aromatic rings. The number of nitrogens with zero attached hydrogens (tertiary/aromatic N) is 3. The predicted octanol–water partition coefficient (Wildman–Crippen LogP) is 2.81. The molecular formula is C15H11F3N4O2. The molecule has 9 heteroatoms. The highest BCUT2D eigenvalue weighted by Gasteiger charge is 2.39. The van der Waals surface area contributed by atoms with Gasteiger partial charge in [0.2, 0.25) is 5.78 Å². The Morgan fingerprint density at radius 1 is 1.21 bits per heavy atom. The number of carbonyl (C=O) groups excluding carboxylic acids is 1. The van der Waals surface area contributed by atoms with E-state index in [9.17, 15) is 18.0 Å². The summed E-state index contributed by atoms with van der Waals surface area (Å²) in [5.74, 6) is -1.78. The van der Waals surface area contributed by atoms with Crippen molar-refractivity contribution in [3.63, 3.8) is 0 Å². The molecule has 0 bridgehead atoms. The topological polar surface area (TPSA) is 68.5 Å². The molecule has 0 spiro atoms. The number of benzene rings is 1. The van der Waals surface area contributed by atoms with Crippen molar-refractivity contribution < 1.29 is 22.7 Å². The minimum Gasteiger partial charge on any atom is -0.486 e. The lowest BCUT2D eigenvalue weighted by Crippen LogP contribution is -2.30.